The molecule has 0 heterocycles. The van der Waals surface area contributed by atoms with Crippen LogP contribution in [0.25, 0.3) is 0 Å². The van der Waals surface area contributed by atoms with Gasteiger partial charge in [-0.1, -0.05) is 17.7 Å². The smallest absolute Gasteiger partial charge is 0.319 e. The third-order valence-corrected chi connectivity index (χ3v) is 2.61. The number of carbonyl (C=O) groups is 1. The lowest BCUT2D eigenvalue weighted by Gasteiger charge is -2.15. The first kappa shape index (κ1) is 13.9. The lowest BCUT2D eigenvalue weighted by Crippen LogP contribution is -2.27. The van der Waals surface area contributed by atoms with E-state index in [0.29, 0.717) is 11.6 Å². The summed E-state index contributed by atoms with van der Waals surface area (Å²) in [6.07, 6.45) is 0. The predicted octanol–water partition coefficient (Wildman–Crippen LogP) is 2.69. The summed E-state index contributed by atoms with van der Waals surface area (Å²) in [5.74, 6) is -0.700. The van der Waals surface area contributed by atoms with E-state index < -0.39 is 0 Å². The molecule has 1 aromatic rings. The maximum atomic E-state index is 12.8. The molecule has 0 fully saturated rings. The Labute approximate surface area is 105 Å². The molecule has 3 nitrogen and oxygen atoms in total. The van der Waals surface area contributed by atoms with Crippen LogP contribution < -0.4 is 5.32 Å². The van der Waals surface area contributed by atoms with Gasteiger partial charge in [0.05, 0.1) is 13.2 Å². The topological polar surface area (TPSA) is 38.3 Å². The quantitative estimate of drug-likeness (QED) is 0.827. The number of carbonyl (C=O) groups excluding carboxylic acids is 1. The highest BCUT2D eigenvalue weighted by molar-refractivity contribution is 6.31. The lowest BCUT2D eigenvalue weighted by atomic mass is 10.1. The molecule has 1 atom stereocenters. The van der Waals surface area contributed by atoms with Gasteiger partial charge in [0, 0.05) is 11.1 Å². The van der Waals surface area contributed by atoms with E-state index in [2.05, 4.69) is 5.32 Å². The van der Waals surface area contributed by atoms with Crippen LogP contribution in [0.4, 0.5) is 4.39 Å². The highest BCUT2D eigenvalue weighted by Gasteiger charge is 2.11. The number of esters is 1. The molecule has 94 valence electrons. The second-order valence-electron chi connectivity index (χ2n) is 3.57. The Morgan fingerprint density at radius 3 is 2.88 bits per heavy atom. The number of hydrogen-bond donors (Lipinski definition) is 1. The van der Waals surface area contributed by atoms with E-state index in [1.807, 2.05) is 6.92 Å². The zero-order valence-electron chi connectivity index (χ0n) is 9.80. The lowest BCUT2D eigenvalue weighted by molar-refractivity contribution is -0.142. The first-order valence-corrected chi connectivity index (χ1v) is 5.76. The Hall–Kier alpha value is -1.13. The van der Waals surface area contributed by atoms with Crippen LogP contribution in [0.3, 0.4) is 0 Å². The van der Waals surface area contributed by atoms with Crippen LogP contribution in [0.15, 0.2) is 18.2 Å². The third kappa shape index (κ3) is 4.32. The van der Waals surface area contributed by atoms with Gasteiger partial charge in [0.25, 0.3) is 0 Å². The van der Waals surface area contributed by atoms with Gasteiger partial charge in [-0.15, -0.1) is 0 Å². The van der Waals surface area contributed by atoms with Gasteiger partial charge >= 0.3 is 5.97 Å². The van der Waals surface area contributed by atoms with Crippen LogP contribution in [0, 0.1) is 5.82 Å². The fourth-order valence-corrected chi connectivity index (χ4v) is 1.74. The first-order chi connectivity index (χ1) is 8.04. The van der Waals surface area contributed by atoms with E-state index in [9.17, 15) is 9.18 Å². The standard InChI is InChI=1S/C12H15ClFNO2/c1-3-17-12(16)7-15-8(2)10-5-4-9(14)6-11(10)13/h4-6,8,15H,3,7H2,1-2H3. The van der Waals surface area contributed by atoms with Crippen molar-refractivity contribution in [3.63, 3.8) is 0 Å². The summed E-state index contributed by atoms with van der Waals surface area (Å²) in [7, 11) is 0. The van der Waals surface area contributed by atoms with Crippen LogP contribution in [0.5, 0.6) is 0 Å². The Bertz CT molecular complexity index is 398. The second kappa shape index (κ2) is 6.57. The van der Waals surface area contributed by atoms with Gasteiger partial charge in [0.15, 0.2) is 0 Å². The van der Waals surface area contributed by atoms with Gasteiger partial charge in [-0.05, 0) is 31.5 Å². The minimum atomic E-state index is -0.378. The maximum Gasteiger partial charge on any atom is 0.319 e. The van der Waals surface area contributed by atoms with Crippen LogP contribution in [0.2, 0.25) is 5.02 Å². The van der Waals surface area contributed by atoms with Crippen molar-refractivity contribution in [2.24, 2.45) is 0 Å². The highest BCUT2D eigenvalue weighted by atomic mass is 35.5. The minimum Gasteiger partial charge on any atom is -0.465 e. The number of nitrogens with one attached hydrogen (secondary N) is 1. The molecule has 0 aliphatic rings. The monoisotopic (exact) mass is 259 g/mol. The molecule has 0 aliphatic heterocycles. The van der Waals surface area contributed by atoms with E-state index in [1.54, 1.807) is 13.0 Å². The third-order valence-electron chi connectivity index (χ3n) is 2.29. The van der Waals surface area contributed by atoms with Crippen LogP contribution in [-0.4, -0.2) is 19.1 Å². The summed E-state index contributed by atoms with van der Waals surface area (Å²) in [4.78, 5) is 11.1. The summed E-state index contributed by atoms with van der Waals surface area (Å²) in [6.45, 7) is 4.05. The normalized spacial score (nSPS) is 12.2. The van der Waals surface area contributed by atoms with Crippen LogP contribution in [0.1, 0.15) is 25.5 Å². The van der Waals surface area contributed by atoms with Crippen LogP contribution >= 0.6 is 11.6 Å². The largest absolute Gasteiger partial charge is 0.465 e. The molecule has 0 aliphatic carbocycles. The fourth-order valence-electron chi connectivity index (χ4n) is 1.41. The van der Waals surface area contributed by atoms with E-state index in [-0.39, 0.29) is 24.4 Å². The van der Waals surface area contributed by atoms with Crippen LogP contribution in [-0.2, 0) is 9.53 Å². The van der Waals surface area contributed by atoms with Crippen molar-refractivity contribution in [1.82, 2.24) is 5.32 Å². The van der Waals surface area contributed by atoms with E-state index in [0.717, 1.165) is 5.56 Å². The molecular formula is C12H15ClFNO2. The molecule has 1 rings (SSSR count). The van der Waals surface area contributed by atoms with Crippen molar-refractivity contribution in [3.05, 3.63) is 34.6 Å². The Balaban J connectivity index is 2.57. The summed E-state index contributed by atoms with van der Waals surface area (Å²) >= 11 is 5.90. The van der Waals surface area contributed by atoms with E-state index in [1.165, 1.54) is 12.1 Å². The van der Waals surface area contributed by atoms with Crippen molar-refractivity contribution >= 4 is 17.6 Å². The number of benzene rings is 1. The predicted molar refractivity (Wildman–Crippen MR) is 64.5 cm³/mol. The van der Waals surface area contributed by atoms with Gasteiger partial charge in [-0.25, -0.2) is 4.39 Å². The Morgan fingerprint density at radius 2 is 2.29 bits per heavy atom. The average Bonchev–Trinajstić information content (AvgIpc) is 2.26. The Morgan fingerprint density at radius 1 is 1.59 bits per heavy atom. The summed E-state index contributed by atoms with van der Waals surface area (Å²) in [5.41, 5.74) is 0.748. The molecule has 0 spiro atoms. The van der Waals surface area contributed by atoms with Crippen molar-refractivity contribution in [3.8, 4) is 0 Å². The molecule has 0 radical (unpaired) electrons. The molecule has 5 heteroatoms. The zero-order chi connectivity index (χ0) is 12.8. The van der Waals surface area contributed by atoms with Crippen molar-refractivity contribution in [2.75, 3.05) is 13.2 Å². The first-order valence-electron chi connectivity index (χ1n) is 5.38. The summed E-state index contributed by atoms with van der Waals surface area (Å²) in [6, 6.07) is 4.04. The zero-order valence-corrected chi connectivity index (χ0v) is 10.6. The van der Waals surface area contributed by atoms with Gasteiger partial charge < -0.3 is 10.1 Å². The Kier molecular flexibility index (Phi) is 5.38. The van der Waals surface area contributed by atoms with Gasteiger partial charge in [-0.2, -0.15) is 0 Å². The summed E-state index contributed by atoms with van der Waals surface area (Å²) < 4.78 is 17.6. The number of hydrogen-bond acceptors (Lipinski definition) is 3. The van der Waals surface area contributed by atoms with Crippen molar-refractivity contribution < 1.29 is 13.9 Å². The van der Waals surface area contributed by atoms with E-state index in [4.69, 9.17) is 16.3 Å². The van der Waals surface area contributed by atoms with Crippen molar-refractivity contribution in [2.45, 2.75) is 19.9 Å². The number of ether oxygens (including phenoxy) is 1. The number of halogens is 2. The molecule has 0 bridgehead atoms. The molecular weight excluding hydrogens is 245 g/mol. The number of rotatable bonds is 5. The molecule has 0 amide bonds. The molecule has 1 aromatic carbocycles. The minimum absolute atomic E-state index is 0.0999. The molecule has 0 saturated carbocycles. The van der Waals surface area contributed by atoms with Gasteiger partial charge in [0.2, 0.25) is 0 Å². The van der Waals surface area contributed by atoms with Gasteiger partial charge in [0.1, 0.15) is 5.82 Å². The molecule has 1 N–H and O–H groups in total. The fraction of sp³-hybridized carbons (Fsp3) is 0.417. The molecule has 0 saturated heterocycles. The SMILES string of the molecule is CCOC(=O)CNC(C)c1ccc(F)cc1Cl. The molecule has 1 unspecified atom stereocenters. The van der Waals surface area contributed by atoms with Gasteiger partial charge in [-0.3, -0.25) is 4.79 Å². The summed E-state index contributed by atoms with van der Waals surface area (Å²) in [5, 5.41) is 3.30. The average molecular weight is 260 g/mol. The molecule has 17 heavy (non-hydrogen) atoms. The van der Waals surface area contributed by atoms with Crippen molar-refractivity contribution in [1.29, 1.82) is 0 Å². The second-order valence-corrected chi connectivity index (χ2v) is 3.98. The van der Waals surface area contributed by atoms with E-state index >= 15 is 0 Å². The highest BCUT2D eigenvalue weighted by Crippen LogP contribution is 2.23. The maximum absolute atomic E-state index is 12.8. The molecule has 0 aromatic heterocycles.